The molecule has 0 bridgehead atoms. The van der Waals surface area contributed by atoms with Crippen molar-refractivity contribution in [2.45, 2.75) is 32.4 Å². The van der Waals surface area contributed by atoms with E-state index in [1.54, 1.807) is 25.1 Å². The number of para-hydroxylation sites is 1. The monoisotopic (exact) mass is 445 g/mol. The Balaban J connectivity index is 1.55. The molecule has 0 saturated carbocycles. The zero-order chi connectivity index (χ0) is 23.4. The molecule has 168 valence electrons. The van der Waals surface area contributed by atoms with Gasteiger partial charge in [-0.05, 0) is 31.0 Å². The number of ether oxygens (including phenoxy) is 1. The van der Waals surface area contributed by atoms with Gasteiger partial charge in [0.15, 0.2) is 0 Å². The van der Waals surface area contributed by atoms with Gasteiger partial charge < -0.3 is 20.1 Å². The van der Waals surface area contributed by atoms with Crippen LogP contribution in [-0.4, -0.2) is 39.0 Å². The fraction of sp³-hybridized carbons (Fsp3) is 0.200. The van der Waals surface area contributed by atoms with E-state index in [0.717, 1.165) is 27.4 Å². The topological polar surface area (TPSA) is 121 Å². The summed E-state index contributed by atoms with van der Waals surface area (Å²) in [6.07, 6.45) is -0.387. The number of carboxylic acid groups (broad SMARTS) is 1. The quantitative estimate of drug-likeness (QED) is 0.355. The first-order chi connectivity index (χ1) is 15.9. The summed E-state index contributed by atoms with van der Waals surface area (Å²) in [5, 5.41) is 13.5. The summed E-state index contributed by atoms with van der Waals surface area (Å²) in [6.45, 7) is 1.82. The number of hydrogen-bond acceptors (Lipinski definition) is 5. The van der Waals surface area contributed by atoms with Crippen LogP contribution in [0.4, 0.5) is 0 Å². The third kappa shape index (κ3) is 5.01. The molecule has 0 fully saturated rings. The van der Waals surface area contributed by atoms with Crippen LogP contribution in [0.15, 0.2) is 60.7 Å². The number of carbonyl (C=O) groups excluding carboxylic acids is 2. The van der Waals surface area contributed by atoms with Crippen molar-refractivity contribution in [2.24, 2.45) is 0 Å². The number of aryl methyl sites for hydroxylation is 1. The van der Waals surface area contributed by atoms with E-state index in [4.69, 9.17) is 9.84 Å². The van der Waals surface area contributed by atoms with Gasteiger partial charge in [-0.15, -0.1) is 0 Å². The Morgan fingerprint density at radius 1 is 1.06 bits per heavy atom. The Bertz CT molecular complexity index is 1330. The summed E-state index contributed by atoms with van der Waals surface area (Å²) in [7, 11) is 0. The number of fused-ring (bicyclic) bond motifs is 3. The average Bonchev–Trinajstić information content (AvgIpc) is 3.20. The van der Waals surface area contributed by atoms with E-state index >= 15 is 0 Å². The largest absolute Gasteiger partial charge is 0.481 e. The lowest BCUT2D eigenvalue weighted by molar-refractivity contribution is -0.147. The zero-order valence-corrected chi connectivity index (χ0v) is 18.0. The van der Waals surface area contributed by atoms with E-state index in [9.17, 15) is 14.4 Å². The molecule has 4 rings (SSSR count). The molecule has 1 amide bonds. The first kappa shape index (κ1) is 22.0. The summed E-state index contributed by atoms with van der Waals surface area (Å²) in [6, 6.07) is 17.4. The lowest BCUT2D eigenvalue weighted by Crippen LogP contribution is -2.42. The molecule has 3 N–H and O–H groups in total. The molecule has 0 aliphatic carbocycles. The van der Waals surface area contributed by atoms with Crippen LogP contribution in [0.5, 0.6) is 0 Å². The summed E-state index contributed by atoms with van der Waals surface area (Å²) >= 11 is 0. The molecule has 2 heterocycles. The third-order valence-electron chi connectivity index (χ3n) is 5.37. The molecule has 0 aliphatic rings. The number of esters is 1. The van der Waals surface area contributed by atoms with Crippen molar-refractivity contribution in [1.29, 1.82) is 0 Å². The minimum Gasteiger partial charge on any atom is -0.481 e. The Kier molecular flexibility index (Phi) is 6.35. The van der Waals surface area contributed by atoms with Crippen molar-refractivity contribution in [3.05, 3.63) is 77.6 Å². The highest BCUT2D eigenvalue weighted by molar-refractivity contribution is 6.10. The van der Waals surface area contributed by atoms with Crippen molar-refractivity contribution < 1.29 is 24.2 Å². The third-order valence-corrected chi connectivity index (χ3v) is 5.37. The molecule has 0 spiro atoms. The molecule has 4 aromatic rings. The number of aromatic nitrogens is 2. The van der Waals surface area contributed by atoms with Gasteiger partial charge in [-0.25, -0.2) is 9.78 Å². The second kappa shape index (κ2) is 9.52. The molecule has 2 aromatic heterocycles. The standard InChI is InChI=1S/C25H23N3O5/c1-15-23-18(17-9-5-6-10-19(17)27-23)13-21(26-15)24(31)28-20(11-12-22(29)30)25(32)33-14-16-7-3-2-4-8-16/h2-10,13,20,27H,11-12,14H2,1H3,(H,28,31)(H,29,30)/t20-/m0/s1. The minimum absolute atomic E-state index is 0.0256. The van der Waals surface area contributed by atoms with Crippen molar-refractivity contribution in [3.8, 4) is 0 Å². The van der Waals surface area contributed by atoms with Gasteiger partial charge in [-0.1, -0.05) is 48.5 Å². The predicted octanol–water partition coefficient (Wildman–Crippen LogP) is 3.73. The molecule has 33 heavy (non-hydrogen) atoms. The lowest BCUT2D eigenvalue weighted by Gasteiger charge is -2.17. The van der Waals surface area contributed by atoms with Gasteiger partial charge in [0.25, 0.3) is 5.91 Å². The lowest BCUT2D eigenvalue weighted by atomic mass is 10.1. The SMILES string of the molecule is Cc1nc(C(=O)N[C@@H](CCC(=O)O)C(=O)OCc2ccccc2)cc2c1[nH]c1ccccc12. The van der Waals surface area contributed by atoms with E-state index in [-0.39, 0.29) is 25.1 Å². The smallest absolute Gasteiger partial charge is 0.328 e. The number of carboxylic acids is 1. The Morgan fingerprint density at radius 3 is 2.55 bits per heavy atom. The maximum absolute atomic E-state index is 13.0. The molecule has 0 unspecified atom stereocenters. The highest BCUT2D eigenvalue weighted by atomic mass is 16.5. The first-order valence-electron chi connectivity index (χ1n) is 10.5. The van der Waals surface area contributed by atoms with Crippen LogP contribution < -0.4 is 5.32 Å². The summed E-state index contributed by atoms with van der Waals surface area (Å²) in [5.74, 6) is -2.34. The molecule has 8 heteroatoms. The van der Waals surface area contributed by atoms with Gasteiger partial charge in [-0.2, -0.15) is 0 Å². The average molecular weight is 445 g/mol. The van der Waals surface area contributed by atoms with E-state index < -0.39 is 23.9 Å². The van der Waals surface area contributed by atoms with Crippen LogP contribution in [0.1, 0.15) is 34.6 Å². The van der Waals surface area contributed by atoms with Gasteiger partial charge in [0.2, 0.25) is 0 Å². The van der Waals surface area contributed by atoms with Gasteiger partial charge in [-0.3, -0.25) is 9.59 Å². The molecule has 1 atom stereocenters. The normalized spacial score (nSPS) is 11.9. The number of pyridine rings is 1. The van der Waals surface area contributed by atoms with Crippen LogP contribution in [-0.2, 0) is 20.9 Å². The number of carbonyl (C=O) groups is 3. The number of nitrogens with zero attached hydrogens (tertiary/aromatic N) is 1. The van der Waals surface area contributed by atoms with Crippen LogP contribution >= 0.6 is 0 Å². The van der Waals surface area contributed by atoms with Crippen LogP contribution in [0, 0.1) is 6.92 Å². The van der Waals surface area contributed by atoms with Crippen molar-refractivity contribution in [1.82, 2.24) is 15.3 Å². The summed E-state index contributed by atoms with van der Waals surface area (Å²) in [5.41, 5.74) is 3.33. The highest BCUT2D eigenvalue weighted by Crippen LogP contribution is 2.27. The van der Waals surface area contributed by atoms with E-state index in [0.29, 0.717) is 5.69 Å². The predicted molar refractivity (Wildman–Crippen MR) is 123 cm³/mol. The number of H-pyrrole nitrogens is 1. The van der Waals surface area contributed by atoms with Gasteiger partial charge in [0.05, 0.1) is 11.2 Å². The number of benzene rings is 2. The van der Waals surface area contributed by atoms with Crippen LogP contribution in [0.25, 0.3) is 21.8 Å². The van der Waals surface area contributed by atoms with Gasteiger partial charge in [0.1, 0.15) is 18.3 Å². The van der Waals surface area contributed by atoms with E-state index in [1.165, 1.54) is 0 Å². The minimum atomic E-state index is -1.11. The first-order valence-corrected chi connectivity index (χ1v) is 10.5. The second-order valence-electron chi connectivity index (χ2n) is 7.74. The van der Waals surface area contributed by atoms with E-state index in [2.05, 4.69) is 15.3 Å². The fourth-order valence-corrected chi connectivity index (χ4v) is 3.70. The number of aromatic amines is 1. The molecule has 8 nitrogen and oxygen atoms in total. The Labute approximate surface area is 189 Å². The van der Waals surface area contributed by atoms with E-state index in [1.807, 2.05) is 42.5 Å². The molecule has 0 aliphatic heterocycles. The number of nitrogens with one attached hydrogen (secondary N) is 2. The number of aliphatic carboxylic acids is 1. The fourth-order valence-electron chi connectivity index (χ4n) is 3.70. The van der Waals surface area contributed by atoms with Crippen LogP contribution in [0.3, 0.4) is 0 Å². The molecule has 0 radical (unpaired) electrons. The number of hydrogen-bond donors (Lipinski definition) is 3. The number of rotatable bonds is 8. The van der Waals surface area contributed by atoms with Gasteiger partial charge >= 0.3 is 11.9 Å². The highest BCUT2D eigenvalue weighted by Gasteiger charge is 2.25. The maximum Gasteiger partial charge on any atom is 0.328 e. The summed E-state index contributed by atoms with van der Waals surface area (Å²) < 4.78 is 5.33. The molecule has 2 aromatic carbocycles. The van der Waals surface area contributed by atoms with Crippen molar-refractivity contribution in [3.63, 3.8) is 0 Å². The zero-order valence-electron chi connectivity index (χ0n) is 18.0. The molecule has 0 saturated heterocycles. The Morgan fingerprint density at radius 2 is 1.79 bits per heavy atom. The van der Waals surface area contributed by atoms with Crippen LogP contribution in [0.2, 0.25) is 0 Å². The second-order valence-corrected chi connectivity index (χ2v) is 7.74. The molecular formula is C25H23N3O5. The Hall–Kier alpha value is -4.20. The van der Waals surface area contributed by atoms with Gasteiger partial charge in [0, 0.05) is 22.7 Å². The van der Waals surface area contributed by atoms with Crippen molar-refractivity contribution in [2.75, 3.05) is 0 Å². The maximum atomic E-state index is 13.0. The number of amides is 1. The summed E-state index contributed by atoms with van der Waals surface area (Å²) in [4.78, 5) is 44.4. The van der Waals surface area contributed by atoms with Crippen molar-refractivity contribution >= 4 is 39.7 Å². The molecular weight excluding hydrogens is 422 g/mol.